The van der Waals surface area contributed by atoms with E-state index in [0.29, 0.717) is 27.0 Å². The van der Waals surface area contributed by atoms with Crippen LogP contribution in [-0.2, 0) is 20.7 Å². The van der Waals surface area contributed by atoms with Crippen LogP contribution in [0.5, 0.6) is 5.75 Å². The second kappa shape index (κ2) is 8.74. The molecule has 0 radical (unpaired) electrons. The molecule has 0 heterocycles. The van der Waals surface area contributed by atoms with Gasteiger partial charge in [-0.25, -0.2) is 0 Å². The summed E-state index contributed by atoms with van der Waals surface area (Å²) in [6.45, 7) is 1.36. The van der Waals surface area contributed by atoms with Gasteiger partial charge in [0.2, 0.25) is 0 Å². The van der Waals surface area contributed by atoms with Crippen LogP contribution in [0, 0.1) is 6.92 Å². The molecular weight excluding hydrogens is 365 g/mol. The first kappa shape index (κ1) is 19.1. The maximum atomic E-state index is 12.0. The van der Waals surface area contributed by atoms with Crippen LogP contribution >= 0.6 is 23.2 Å². The molecule has 2 aromatic rings. The zero-order valence-electron chi connectivity index (χ0n) is 13.8. The monoisotopic (exact) mass is 381 g/mol. The molecule has 0 saturated heterocycles. The fourth-order valence-corrected chi connectivity index (χ4v) is 2.61. The smallest absolute Gasteiger partial charge is 0.310 e. The number of methoxy groups -OCH3 is 1. The highest BCUT2D eigenvalue weighted by molar-refractivity contribution is 6.40. The third kappa shape index (κ3) is 5.11. The number of benzene rings is 2. The fraction of sp³-hybridized carbons (Fsp3) is 0.222. The Labute approximate surface area is 155 Å². The van der Waals surface area contributed by atoms with Crippen molar-refractivity contribution in [1.29, 1.82) is 0 Å². The average Bonchev–Trinajstić information content (AvgIpc) is 2.60. The fourth-order valence-electron chi connectivity index (χ4n) is 2.15. The van der Waals surface area contributed by atoms with Gasteiger partial charge in [0, 0.05) is 5.56 Å². The van der Waals surface area contributed by atoms with Crippen LogP contribution in [0.4, 0.5) is 5.69 Å². The number of halogens is 2. The lowest BCUT2D eigenvalue weighted by atomic mass is 10.1. The van der Waals surface area contributed by atoms with Crippen LogP contribution in [0.3, 0.4) is 0 Å². The normalized spacial score (nSPS) is 10.2. The van der Waals surface area contributed by atoms with E-state index in [-0.39, 0.29) is 6.42 Å². The van der Waals surface area contributed by atoms with Gasteiger partial charge in [-0.3, -0.25) is 9.59 Å². The van der Waals surface area contributed by atoms with Crippen molar-refractivity contribution in [2.45, 2.75) is 13.3 Å². The van der Waals surface area contributed by atoms with E-state index in [9.17, 15) is 9.59 Å². The predicted molar refractivity (Wildman–Crippen MR) is 97.5 cm³/mol. The molecule has 2 rings (SSSR count). The van der Waals surface area contributed by atoms with Gasteiger partial charge in [0.1, 0.15) is 5.75 Å². The average molecular weight is 382 g/mol. The predicted octanol–water partition coefficient (Wildman–Crippen LogP) is 4.03. The lowest BCUT2D eigenvalue weighted by Gasteiger charge is -2.12. The molecule has 5 nitrogen and oxygen atoms in total. The van der Waals surface area contributed by atoms with E-state index in [1.165, 1.54) is 7.11 Å². The highest BCUT2D eigenvalue weighted by Crippen LogP contribution is 2.32. The van der Waals surface area contributed by atoms with E-state index in [4.69, 9.17) is 32.7 Å². The Morgan fingerprint density at radius 3 is 2.56 bits per heavy atom. The van der Waals surface area contributed by atoms with Crippen molar-refractivity contribution in [3.63, 3.8) is 0 Å². The van der Waals surface area contributed by atoms with E-state index in [2.05, 4.69) is 5.32 Å². The van der Waals surface area contributed by atoms with Crippen molar-refractivity contribution in [3.05, 3.63) is 57.6 Å². The molecule has 0 aliphatic rings. The molecule has 0 fully saturated rings. The molecule has 0 aromatic heterocycles. The van der Waals surface area contributed by atoms with Gasteiger partial charge in [-0.15, -0.1) is 0 Å². The molecule has 1 N–H and O–H groups in total. The topological polar surface area (TPSA) is 64.6 Å². The minimum absolute atomic E-state index is 0.00323. The summed E-state index contributed by atoms with van der Waals surface area (Å²) < 4.78 is 10.2. The minimum Gasteiger partial charge on any atom is -0.496 e. The third-order valence-corrected chi connectivity index (χ3v) is 4.24. The number of amides is 1. The van der Waals surface area contributed by atoms with Crippen LogP contribution in [0.25, 0.3) is 0 Å². The second-order valence-corrected chi connectivity index (χ2v) is 6.04. The summed E-state index contributed by atoms with van der Waals surface area (Å²) in [6.07, 6.45) is 0.00323. The van der Waals surface area contributed by atoms with Gasteiger partial charge < -0.3 is 14.8 Å². The van der Waals surface area contributed by atoms with Crippen molar-refractivity contribution in [3.8, 4) is 5.75 Å². The number of rotatable bonds is 6. The number of hydrogen-bond donors (Lipinski definition) is 1. The second-order valence-electron chi connectivity index (χ2n) is 5.25. The molecular formula is C18H17Cl2NO4. The number of aryl methyl sites for hydroxylation is 1. The number of para-hydroxylation sites is 1. The Morgan fingerprint density at radius 2 is 1.84 bits per heavy atom. The lowest BCUT2D eigenvalue weighted by molar-refractivity contribution is -0.146. The standard InChI is InChI=1S/C18H17Cl2NO4/c1-11-7-8-13(19)18(17(11)20)21-15(22)10-25-16(23)9-12-5-3-4-6-14(12)24-2/h3-8H,9-10H2,1-2H3,(H,21,22). The summed E-state index contributed by atoms with van der Waals surface area (Å²) in [5.74, 6) is -0.480. The molecule has 0 unspecified atom stereocenters. The van der Waals surface area contributed by atoms with Gasteiger partial charge in [-0.1, -0.05) is 47.5 Å². The zero-order chi connectivity index (χ0) is 18.4. The Kier molecular flexibility index (Phi) is 6.67. The van der Waals surface area contributed by atoms with Crippen molar-refractivity contribution in [2.75, 3.05) is 19.0 Å². The number of hydrogen-bond acceptors (Lipinski definition) is 4. The molecule has 25 heavy (non-hydrogen) atoms. The van der Waals surface area contributed by atoms with Gasteiger partial charge in [-0.2, -0.15) is 0 Å². The number of esters is 1. The number of anilines is 1. The first-order valence-electron chi connectivity index (χ1n) is 7.44. The SMILES string of the molecule is COc1ccccc1CC(=O)OCC(=O)Nc1c(Cl)ccc(C)c1Cl. The largest absolute Gasteiger partial charge is 0.496 e. The van der Waals surface area contributed by atoms with Gasteiger partial charge in [0.15, 0.2) is 6.61 Å². The Hall–Kier alpha value is -2.24. The molecule has 0 spiro atoms. The third-order valence-electron chi connectivity index (χ3n) is 3.44. The van der Waals surface area contributed by atoms with Gasteiger partial charge in [0.05, 0.1) is 29.3 Å². The summed E-state index contributed by atoms with van der Waals surface area (Å²) in [7, 11) is 1.52. The Morgan fingerprint density at radius 1 is 1.12 bits per heavy atom. The molecule has 7 heteroatoms. The first-order valence-corrected chi connectivity index (χ1v) is 8.20. The van der Waals surface area contributed by atoms with E-state index < -0.39 is 18.5 Å². The number of carbonyl (C=O) groups is 2. The number of ether oxygens (including phenoxy) is 2. The van der Waals surface area contributed by atoms with E-state index in [0.717, 1.165) is 5.56 Å². The molecule has 132 valence electrons. The van der Waals surface area contributed by atoms with Crippen molar-refractivity contribution in [1.82, 2.24) is 0 Å². The molecule has 2 aromatic carbocycles. The Balaban J connectivity index is 1.92. The van der Waals surface area contributed by atoms with Crippen LogP contribution < -0.4 is 10.1 Å². The van der Waals surface area contributed by atoms with Crippen molar-refractivity contribution in [2.24, 2.45) is 0 Å². The molecule has 0 bridgehead atoms. The molecule has 0 aliphatic heterocycles. The lowest BCUT2D eigenvalue weighted by Crippen LogP contribution is -2.22. The van der Waals surface area contributed by atoms with E-state index in [1.807, 2.05) is 0 Å². The van der Waals surface area contributed by atoms with Gasteiger partial charge >= 0.3 is 5.97 Å². The van der Waals surface area contributed by atoms with E-state index >= 15 is 0 Å². The van der Waals surface area contributed by atoms with Crippen LogP contribution in [0.15, 0.2) is 36.4 Å². The minimum atomic E-state index is -0.541. The molecule has 1 amide bonds. The highest BCUT2D eigenvalue weighted by atomic mass is 35.5. The van der Waals surface area contributed by atoms with Gasteiger partial charge in [0.25, 0.3) is 5.91 Å². The summed E-state index contributed by atoms with van der Waals surface area (Å²) in [6, 6.07) is 10.5. The maximum Gasteiger partial charge on any atom is 0.310 e. The maximum absolute atomic E-state index is 12.0. The van der Waals surface area contributed by atoms with Crippen LogP contribution in [-0.4, -0.2) is 25.6 Å². The van der Waals surface area contributed by atoms with Crippen molar-refractivity contribution >= 4 is 40.8 Å². The summed E-state index contributed by atoms with van der Waals surface area (Å²) >= 11 is 12.2. The van der Waals surface area contributed by atoms with Gasteiger partial charge in [-0.05, 0) is 24.6 Å². The summed E-state index contributed by atoms with van der Waals surface area (Å²) in [5.41, 5.74) is 1.75. The number of nitrogens with one attached hydrogen (secondary N) is 1. The zero-order valence-corrected chi connectivity index (χ0v) is 15.3. The summed E-state index contributed by atoms with van der Waals surface area (Å²) in [4.78, 5) is 23.9. The first-order chi connectivity index (χ1) is 11.9. The molecule has 0 atom stereocenters. The molecule has 0 saturated carbocycles. The van der Waals surface area contributed by atoms with Crippen molar-refractivity contribution < 1.29 is 19.1 Å². The summed E-state index contributed by atoms with van der Waals surface area (Å²) in [5, 5.41) is 3.21. The van der Waals surface area contributed by atoms with Crippen LogP contribution in [0.2, 0.25) is 10.0 Å². The Bertz CT molecular complexity index is 793. The van der Waals surface area contributed by atoms with E-state index in [1.54, 1.807) is 43.3 Å². The quantitative estimate of drug-likeness (QED) is 0.766. The molecule has 0 aliphatic carbocycles. The van der Waals surface area contributed by atoms with Crippen LogP contribution in [0.1, 0.15) is 11.1 Å². The highest BCUT2D eigenvalue weighted by Gasteiger charge is 2.14. The number of carbonyl (C=O) groups excluding carboxylic acids is 2.